The number of nitrogens with zero attached hydrogens (tertiary/aromatic N) is 1. The molecule has 0 unspecified atom stereocenters. The minimum atomic E-state index is -0.316. The summed E-state index contributed by atoms with van der Waals surface area (Å²) in [6, 6.07) is 13.3. The van der Waals surface area contributed by atoms with Gasteiger partial charge in [0.25, 0.3) is 0 Å². The van der Waals surface area contributed by atoms with Gasteiger partial charge >= 0.3 is 0 Å². The molecule has 2 nitrogen and oxygen atoms in total. The van der Waals surface area contributed by atoms with Crippen molar-refractivity contribution in [1.29, 1.82) is 0 Å². The highest BCUT2D eigenvalue weighted by Crippen LogP contribution is 2.30. The Labute approximate surface area is 123 Å². The molecule has 0 bridgehead atoms. The zero-order valence-corrected chi connectivity index (χ0v) is 11.8. The van der Waals surface area contributed by atoms with Gasteiger partial charge in [-0.3, -0.25) is 0 Å². The van der Waals surface area contributed by atoms with Crippen LogP contribution in [0, 0.1) is 5.82 Å². The topological polar surface area (TPSA) is 15.3 Å². The summed E-state index contributed by atoms with van der Waals surface area (Å²) in [6.07, 6.45) is 1.02. The van der Waals surface area contributed by atoms with Gasteiger partial charge in [-0.15, -0.1) is 0 Å². The first-order chi connectivity index (χ1) is 9.75. The van der Waals surface area contributed by atoms with Gasteiger partial charge < -0.3 is 10.2 Å². The van der Waals surface area contributed by atoms with Crippen LogP contribution in [0.2, 0.25) is 5.02 Å². The molecule has 2 aromatic carbocycles. The van der Waals surface area contributed by atoms with Crippen molar-refractivity contribution in [2.24, 2.45) is 0 Å². The first-order valence-corrected chi connectivity index (χ1v) is 7.14. The lowest BCUT2D eigenvalue weighted by Crippen LogP contribution is -2.23. The van der Waals surface area contributed by atoms with Gasteiger partial charge in [0.15, 0.2) is 0 Å². The molecular formula is C16H16ClFN2. The highest BCUT2D eigenvalue weighted by atomic mass is 35.5. The number of anilines is 2. The minimum absolute atomic E-state index is 0.184. The van der Waals surface area contributed by atoms with E-state index >= 15 is 0 Å². The highest BCUT2D eigenvalue weighted by Gasteiger charge is 2.16. The number of para-hydroxylation sites is 2. The Morgan fingerprint density at radius 3 is 2.90 bits per heavy atom. The van der Waals surface area contributed by atoms with Crippen LogP contribution in [0.4, 0.5) is 15.8 Å². The van der Waals surface area contributed by atoms with Crippen molar-refractivity contribution in [2.45, 2.75) is 13.0 Å². The molecule has 0 fully saturated rings. The van der Waals surface area contributed by atoms with E-state index in [1.54, 1.807) is 18.2 Å². The van der Waals surface area contributed by atoms with Gasteiger partial charge in [-0.2, -0.15) is 0 Å². The monoisotopic (exact) mass is 290 g/mol. The largest absolute Gasteiger partial charge is 0.383 e. The number of halogens is 2. The van der Waals surface area contributed by atoms with E-state index in [-0.39, 0.29) is 10.8 Å². The molecule has 0 radical (unpaired) electrons. The average Bonchev–Trinajstić information content (AvgIpc) is 2.67. The quantitative estimate of drug-likeness (QED) is 0.887. The van der Waals surface area contributed by atoms with Crippen LogP contribution in [0.1, 0.15) is 12.0 Å². The minimum Gasteiger partial charge on any atom is -0.383 e. The smallest absolute Gasteiger partial charge is 0.146 e. The summed E-state index contributed by atoms with van der Waals surface area (Å²) in [5.74, 6) is -0.316. The van der Waals surface area contributed by atoms with Crippen molar-refractivity contribution in [3.63, 3.8) is 0 Å². The zero-order valence-electron chi connectivity index (χ0n) is 11.1. The second-order valence-electron chi connectivity index (χ2n) is 4.93. The van der Waals surface area contributed by atoms with Gasteiger partial charge in [0, 0.05) is 25.2 Å². The van der Waals surface area contributed by atoms with E-state index in [0.29, 0.717) is 12.1 Å². The second kappa shape index (κ2) is 5.71. The summed E-state index contributed by atoms with van der Waals surface area (Å²) >= 11 is 5.86. The van der Waals surface area contributed by atoms with Crippen LogP contribution >= 0.6 is 11.6 Å². The molecule has 0 amide bonds. The van der Waals surface area contributed by atoms with Crippen molar-refractivity contribution >= 4 is 23.0 Å². The van der Waals surface area contributed by atoms with Crippen LogP contribution in [-0.2, 0) is 6.54 Å². The molecule has 4 heteroatoms. The molecule has 2 aromatic rings. The first kappa shape index (κ1) is 13.3. The van der Waals surface area contributed by atoms with Gasteiger partial charge in [-0.25, -0.2) is 4.39 Å². The number of nitrogens with one attached hydrogen (secondary N) is 1. The predicted molar refractivity (Wildman–Crippen MR) is 82.0 cm³/mol. The molecule has 0 saturated carbocycles. The van der Waals surface area contributed by atoms with Gasteiger partial charge in [0.05, 0.1) is 16.4 Å². The Morgan fingerprint density at radius 2 is 2.00 bits per heavy atom. The van der Waals surface area contributed by atoms with Crippen LogP contribution in [0.5, 0.6) is 0 Å². The number of fused-ring (bicyclic) bond motifs is 1. The molecule has 1 heterocycles. The molecule has 0 saturated heterocycles. The van der Waals surface area contributed by atoms with Crippen LogP contribution in [0.3, 0.4) is 0 Å². The number of benzene rings is 2. The van der Waals surface area contributed by atoms with Gasteiger partial charge in [0.1, 0.15) is 5.82 Å². The number of rotatable bonds is 2. The lowest BCUT2D eigenvalue weighted by molar-refractivity contribution is 0.604. The summed E-state index contributed by atoms with van der Waals surface area (Å²) in [5.41, 5.74) is 2.85. The summed E-state index contributed by atoms with van der Waals surface area (Å²) in [4.78, 5) is 2.20. The third kappa shape index (κ3) is 2.59. The van der Waals surface area contributed by atoms with E-state index in [1.807, 2.05) is 12.1 Å². The van der Waals surface area contributed by atoms with Crippen LogP contribution in [0.25, 0.3) is 0 Å². The molecule has 1 aliphatic rings. The SMILES string of the molecule is Fc1c(Cl)cccc1CN1CCCNc2ccccc21. The molecule has 1 N–H and O–H groups in total. The first-order valence-electron chi connectivity index (χ1n) is 6.76. The zero-order chi connectivity index (χ0) is 13.9. The van der Waals surface area contributed by atoms with Gasteiger partial charge in [-0.05, 0) is 24.6 Å². The summed E-state index contributed by atoms with van der Waals surface area (Å²) in [5, 5.41) is 3.59. The Kier molecular flexibility index (Phi) is 3.79. The Morgan fingerprint density at radius 1 is 1.15 bits per heavy atom. The average molecular weight is 291 g/mol. The maximum atomic E-state index is 14.1. The lowest BCUT2D eigenvalue weighted by atomic mass is 10.1. The Hall–Kier alpha value is -1.74. The fourth-order valence-electron chi connectivity index (χ4n) is 2.55. The molecule has 0 atom stereocenters. The standard InChI is InChI=1S/C16H16ClFN2/c17-13-6-3-5-12(16(13)18)11-20-10-4-9-19-14-7-1-2-8-15(14)20/h1-3,5-8,19H,4,9-11H2. The van der Waals surface area contributed by atoms with Crippen molar-refractivity contribution in [2.75, 3.05) is 23.3 Å². The Bertz CT molecular complexity index is 615. The van der Waals surface area contributed by atoms with E-state index in [9.17, 15) is 4.39 Å². The molecule has 0 spiro atoms. The van der Waals surface area contributed by atoms with Crippen molar-refractivity contribution < 1.29 is 4.39 Å². The molecule has 0 aromatic heterocycles. The molecular weight excluding hydrogens is 275 g/mol. The summed E-state index contributed by atoms with van der Waals surface area (Å²) in [7, 11) is 0. The normalized spacial score (nSPS) is 14.4. The molecule has 0 aliphatic carbocycles. The van der Waals surface area contributed by atoms with E-state index in [4.69, 9.17) is 11.6 Å². The third-order valence-electron chi connectivity index (χ3n) is 3.56. The van der Waals surface area contributed by atoms with E-state index in [1.165, 1.54) is 0 Å². The third-order valence-corrected chi connectivity index (χ3v) is 3.85. The van der Waals surface area contributed by atoms with Gasteiger partial charge in [0.2, 0.25) is 0 Å². The molecule has 1 aliphatic heterocycles. The summed E-state index contributed by atoms with van der Waals surface area (Å²) < 4.78 is 14.1. The summed E-state index contributed by atoms with van der Waals surface area (Å²) in [6.45, 7) is 2.37. The molecule has 3 rings (SSSR count). The lowest BCUT2D eigenvalue weighted by Gasteiger charge is -2.24. The fraction of sp³-hybridized carbons (Fsp3) is 0.250. The van der Waals surface area contributed by atoms with Crippen LogP contribution < -0.4 is 10.2 Å². The maximum Gasteiger partial charge on any atom is 0.146 e. The predicted octanol–water partition coefficient (Wildman–Crippen LogP) is 4.30. The second-order valence-corrected chi connectivity index (χ2v) is 5.34. The van der Waals surface area contributed by atoms with E-state index in [2.05, 4.69) is 22.3 Å². The van der Waals surface area contributed by atoms with Crippen molar-refractivity contribution in [1.82, 2.24) is 0 Å². The maximum absolute atomic E-state index is 14.1. The fourth-order valence-corrected chi connectivity index (χ4v) is 2.75. The van der Waals surface area contributed by atoms with Crippen LogP contribution in [-0.4, -0.2) is 13.1 Å². The van der Waals surface area contributed by atoms with E-state index < -0.39 is 0 Å². The highest BCUT2D eigenvalue weighted by molar-refractivity contribution is 6.30. The molecule has 104 valence electrons. The Balaban J connectivity index is 1.92. The molecule has 20 heavy (non-hydrogen) atoms. The van der Waals surface area contributed by atoms with Crippen molar-refractivity contribution in [3.05, 3.63) is 58.9 Å². The van der Waals surface area contributed by atoms with Crippen LogP contribution in [0.15, 0.2) is 42.5 Å². The van der Waals surface area contributed by atoms with Crippen molar-refractivity contribution in [3.8, 4) is 0 Å². The van der Waals surface area contributed by atoms with E-state index in [0.717, 1.165) is 30.9 Å². The number of hydrogen-bond acceptors (Lipinski definition) is 2. The van der Waals surface area contributed by atoms with Gasteiger partial charge in [-0.1, -0.05) is 35.9 Å². The number of hydrogen-bond donors (Lipinski definition) is 1.